The molecule has 0 atom stereocenters. The van der Waals surface area contributed by atoms with E-state index in [1.54, 1.807) is 49.6 Å². The summed E-state index contributed by atoms with van der Waals surface area (Å²) in [5.41, 5.74) is 1.42. The number of anilines is 1. The number of sulfonamides is 1. The SMILES string of the molecule is COCc1cccc(NS(=O)(=O)c2ccc(Br)cc2)c1. The van der Waals surface area contributed by atoms with Crippen molar-refractivity contribution in [3.63, 3.8) is 0 Å². The maximum absolute atomic E-state index is 12.2. The molecule has 6 heteroatoms. The molecule has 2 aromatic carbocycles. The Morgan fingerprint density at radius 3 is 2.50 bits per heavy atom. The van der Waals surface area contributed by atoms with Gasteiger partial charge < -0.3 is 4.74 Å². The topological polar surface area (TPSA) is 55.4 Å². The Balaban J connectivity index is 2.24. The molecule has 0 spiro atoms. The third kappa shape index (κ3) is 3.82. The van der Waals surface area contributed by atoms with E-state index < -0.39 is 10.0 Å². The van der Waals surface area contributed by atoms with Crippen LogP contribution in [0.5, 0.6) is 0 Å². The largest absolute Gasteiger partial charge is 0.380 e. The summed E-state index contributed by atoms with van der Waals surface area (Å²) in [6, 6.07) is 13.6. The van der Waals surface area contributed by atoms with Crippen molar-refractivity contribution >= 4 is 31.6 Å². The number of hydrogen-bond acceptors (Lipinski definition) is 3. The highest BCUT2D eigenvalue weighted by molar-refractivity contribution is 9.10. The Bertz CT molecular complexity index is 684. The number of nitrogens with one attached hydrogen (secondary N) is 1. The van der Waals surface area contributed by atoms with Crippen molar-refractivity contribution in [3.05, 3.63) is 58.6 Å². The second-order valence-corrected chi connectivity index (χ2v) is 6.79. The normalized spacial score (nSPS) is 11.3. The van der Waals surface area contributed by atoms with E-state index in [0.29, 0.717) is 12.3 Å². The molecule has 0 aromatic heterocycles. The molecule has 20 heavy (non-hydrogen) atoms. The van der Waals surface area contributed by atoms with Crippen LogP contribution in [0.25, 0.3) is 0 Å². The summed E-state index contributed by atoms with van der Waals surface area (Å²) in [5, 5.41) is 0. The lowest BCUT2D eigenvalue weighted by atomic mass is 10.2. The molecule has 2 rings (SSSR count). The van der Waals surface area contributed by atoms with Gasteiger partial charge in [0.25, 0.3) is 10.0 Å². The van der Waals surface area contributed by atoms with Gasteiger partial charge in [-0.3, -0.25) is 4.72 Å². The minimum absolute atomic E-state index is 0.220. The van der Waals surface area contributed by atoms with E-state index in [9.17, 15) is 8.42 Å². The summed E-state index contributed by atoms with van der Waals surface area (Å²) in [6.07, 6.45) is 0. The number of benzene rings is 2. The van der Waals surface area contributed by atoms with E-state index >= 15 is 0 Å². The van der Waals surface area contributed by atoms with E-state index in [1.807, 2.05) is 6.07 Å². The van der Waals surface area contributed by atoms with Crippen LogP contribution in [0.3, 0.4) is 0 Å². The number of rotatable bonds is 5. The summed E-state index contributed by atoms with van der Waals surface area (Å²) in [6.45, 7) is 0.438. The minimum Gasteiger partial charge on any atom is -0.380 e. The van der Waals surface area contributed by atoms with Crippen LogP contribution in [0.4, 0.5) is 5.69 Å². The molecule has 0 aliphatic rings. The van der Waals surface area contributed by atoms with Gasteiger partial charge in [-0.25, -0.2) is 8.42 Å². The highest BCUT2D eigenvalue weighted by Gasteiger charge is 2.13. The predicted octanol–water partition coefficient (Wildman–Crippen LogP) is 3.40. The van der Waals surface area contributed by atoms with Crippen LogP contribution < -0.4 is 4.72 Å². The summed E-state index contributed by atoms with van der Waals surface area (Å²) >= 11 is 3.28. The molecular weight excluding hydrogens is 342 g/mol. The van der Waals surface area contributed by atoms with Crippen molar-refractivity contribution in [3.8, 4) is 0 Å². The highest BCUT2D eigenvalue weighted by atomic mass is 79.9. The van der Waals surface area contributed by atoms with E-state index in [2.05, 4.69) is 20.7 Å². The first kappa shape index (κ1) is 15.0. The standard InChI is InChI=1S/C14H14BrNO3S/c1-19-10-11-3-2-4-13(9-11)16-20(17,18)14-7-5-12(15)6-8-14/h2-9,16H,10H2,1H3. The molecule has 0 heterocycles. The predicted molar refractivity (Wildman–Crippen MR) is 82.1 cm³/mol. The van der Waals surface area contributed by atoms with Gasteiger partial charge in [0.15, 0.2) is 0 Å². The van der Waals surface area contributed by atoms with E-state index in [4.69, 9.17) is 4.74 Å². The zero-order valence-corrected chi connectivity index (χ0v) is 13.2. The fourth-order valence-electron chi connectivity index (χ4n) is 1.72. The molecule has 0 radical (unpaired) electrons. The summed E-state index contributed by atoms with van der Waals surface area (Å²) in [4.78, 5) is 0.220. The third-order valence-electron chi connectivity index (χ3n) is 2.61. The second kappa shape index (κ2) is 6.39. The van der Waals surface area contributed by atoms with E-state index in [1.165, 1.54) is 0 Å². The smallest absolute Gasteiger partial charge is 0.261 e. The molecule has 0 aliphatic carbocycles. The molecule has 0 amide bonds. The summed E-state index contributed by atoms with van der Waals surface area (Å²) < 4.78 is 32.9. The van der Waals surface area contributed by atoms with Gasteiger partial charge >= 0.3 is 0 Å². The molecule has 0 saturated heterocycles. The van der Waals surface area contributed by atoms with Crippen molar-refractivity contribution in [2.45, 2.75) is 11.5 Å². The first-order chi connectivity index (χ1) is 9.51. The fourth-order valence-corrected chi connectivity index (χ4v) is 3.03. The van der Waals surface area contributed by atoms with Crippen LogP contribution in [0.1, 0.15) is 5.56 Å². The maximum atomic E-state index is 12.2. The molecule has 2 aromatic rings. The first-order valence-electron chi connectivity index (χ1n) is 5.87. The van der Waals surface area contributed by atoms with Gasteiger partial charge in [-0.2, -0.15) is 0 Å². The Morgan fingerprint density at radius 1 is 1.15 bits per heavy atom. The molecule has 0 unspecified atom stereocenters. The lowest BCUT2D eigenvalue weighted by Crippen LogP contribution is -2.13. The van der Waals surface area contributed by atoms with E-state index in [0.717, 1.165) is 10.0 Å². The van der Waals surface area contributed by atoms with Crippen LogP contribution in [-0.2, 0) is 21.4 Å². The van der Waals surface area contributed by atoms with Gasteiger partial charge in [0.2, 0.25) is 0 Å². The first-order valence-corrected chi connectivity index (χ1v) is 8.15. The van der Waals surface area contributed by atoms with Gasteiger partial charge in [0.05, 0.1) is 11.5 Å². The lowest BCUT2D eigenvalue weighted by molar-refractivity contribution is 0.185. The number of methoxy groups -OCH3 is 1. The zero-order chi connectivity index (χ0) is 14.6. The van der Waals surface area contributed by atoms with Gasteiger partial charge in [-0.15, -0.1) is 0 Å². The van der Waals surface area contributed by atoms with Gasteiger partial charge in [-0.1, -0.05) is 28.1 Å². The zero-order valence-electron chi connectivity index (χ0n) is 10.8. The number of ether oxygens (including phenoxy) is 1. The van der Waals surface area contributed by atoms with Crippen LogP contribution in [-0.4, -0.2) is 15.5 Å². The molecule has 0 saturated carbocycles. The molecule has 0 aliphatic heterocycles. The van der Waals surface area contributed by atoms with Gasteiger partial charge in [-0.05, 0) is 42.0 Å². The van der Waals surface area contributed by atoms with Crippen LogP contribution in [0.15, 0.2) is 57.9 Å². The molecule has 0 bridgehead atoms. The number of hydrogen-bond donors (Lipinski definition) is 1. The average Bonchev–Trinajstić information content (AvgIpc) is 2.39. The van der Waals surface area contributed by atoms with E-state index in [-0.39, 0.29) is 4.90 Å². The molecular formula is C14H14BrNO3S. The Hall–Kier alpha value is -1.37. The number of halogens is 1. The third-order valence-corrected chi connectivity index (χ3v) is 4.54. The van der Waals surface area contributed by atoms with Gasteiger partial charge in [0.1, 0.15) is 0 Å². The molecule has 106 valence electrons. The monoisotopic (exact) mass is 355 g/mol. The second-order valence-electron chi connectivity index (χ2n) is 4.19. The van der Waals surface area contributed by atoms with Crippen molar-refractivity contribution in [2.24, 2.45) is 0 Å². The Labute approximate surface area is 127 Å². The Kier molecular flexibility index (Phi) is 4.80. The fraction of sp³-hybridized carbons (Fsp3) is 0.143. The van der Waals surface area contributed by atoms with Crippen molar-refractivity contribution in [1.82, 2.24) is 0 Å². The lowest BCUT2D eigenvalue weighted by Gasteiger charge is -2.09. The van der Waals surface area contributed by atoms with Crippen molar-refractivity contribution < 1.29 is 13.2 Å². The average molecular weight is 356 g/mol. The van der Waals surface area contributed by atoms with Crippen LogP contribution >= 0.6 is 15.9 Å². The Morgan fingerprint density at radius 2 is 1.85 bits per heavy atom. The van der Waals surface area contributed by atoms with Crippen LogP contribution in [0, 0.1) is 0 Å². The van der Waals surface area contributed by atoms with Crippen molar-refractivity contribution in [1.29, 1.82) is 0 Å². The van der Waals surface area contributed by atoms with Crippen LogP contribution in [0.2, 0.25) is 0 Å². The highest BCUT2D eigenvalue weighted by Crippen LogP contribution is 2.19. The quantitative estimate of drug-likeness (QED) is 0.894. The summed E-state index contributed by atoms with van der Waals surface area (Å²) in [7, 11) is -1.98. The van der Waals surface area contributed by atoms with Gasteiger partial charge in [0, 0.05) is 17.3 Å². The minimum atomic E-state index is -3.57. The summed E-state index contributed by atoms with van der Waals surface area (Å²) in [5.74, 6) is 0. The molecule has 1 N–H and O–H groups in total. The molecule has 0 fully saturated rings. The molecule has 4 nitrogen and oxygen atoms in total. The van der Waals surface area contributed by atoms with Crippen molar-refractivity contribution in [2.75, 3.05) is 11.8 Å². The maximum Gasteiger partial charge on any atom is 0.261 e.